The van der Waals surface area contributed by atoms with Crippen LogP contribution in [0.4, 0.5) is 4.39 Å². The molecule has 2 aromatic carbocycles. The number of methoxy groups -OCH3 is 1. The first-order valence-corrected chi connectivity index (χ1v) is 8.21. The number of nitrogens with zero attached hydrogens (tertiary/aromatic N) is 1. The summed E-state index contributed by atoms with van der Waals surface area (Å²) in [5.74, 6) is 0.168. The molecule has 0 spiro atoms. The minimum atomic E-state index is -0.475. The van der Waals surface area contributed by atoms with Gasteiger partial charge in [0.25, 0.3) is 5.91 Å². The highest BCUT2D eigenvalue weighted by molar-refractivity contribution is 5.85. The number of carbonyl (C=O) groups is 1. The van der Waals surface area contributed by atoms with Gasteiger partial charge < -0.3 is 19.7 Å². The second-order valence-corrected chi connectivity index (χ2v) is 5.77. The van der Waals surface area contributed by atoms with Crippen LogP contribution in [-0.4, -0.2) is 44.2 Å². The number of ether oxygens (including phenoxy) is 2. The molecule has 7 heteroatoms. The van der Waals surface area contributed by atoms with Gasteiger partial charge in [-0.1, -0.05) is 30.3 Å². The number of rotatable bonds is 5. The molecular formula is C19H22ClFN2O3. The maximum Gasteiger partial charge on any atom is 0.261 e. The van der Waals surface area contributed by atoms with Crippen molar-refractivity contribution in [2.45, 2.75) is 6.04 Å². The summed E-state index contributed by atoms with van der Waals surface area (Å²) < 4.78 is 24.4. The molecule has 1 fully saturated rings. The van der Waals surface area contributed by atoms with E-state index < -0.39 is 5.82 Å². The lowest BCUT2D eigenvalue weighted by Gasteiger charge is -2.37. The van der Waals surface area contributed by atoms with E-state index in [0.29, 0.717) is 19.6 Å². The second-order valence-electron chi connectivity index (χ2n) is 5.77. The Morgan fingerprint density at radius 1 is 1.19 bits per heavy atom. The molecule has 0 radical (unpaired) electrons. The van der Waals surface area contributed by atoms with Crippen LogP contribution in [-0.2, 0) is 4.79 Å². The van der Waals surface area contributed by atoms with Crippen LogP contribution < -0.4 is 14.8 Å². The Hall–Kier alpha value is -2.31. The number of nitrogens with one attached hydrogen (secondary N) is 1. The molecule has 140 valence electrons. The van der Waals surface area contributed by atoms with Gasteiger partial charge in [-0.3, -0.25) is 4.79 Å². The van der Waals surface area contributed by atoms with Crippen LogP contribution >= 0.6 is 12.4 Å². The van der Waals surface area contributed by atoms with Gasteiger partial charge in [0.2, 0.25) is 0 Å². The molecule has 0 bridgehead atoms. The number of benzene rings is 2. The van der Waals surface area contributed by atoms with E-state index in [1.807, 2.05) is 24.3 Å². The Labute approximate surface area is 158 Å². The lowest BCUT2D eigenvalue weighted by Crippen LogP contribution is -2.50. The van der Waals surface area contributed by atoms with Crippen LogP contribution in [0.1, 0.15) is 11.6 Å². The molecule has 1 heterocycles. The first kappa shape index (κ1) is 20.0. The average Bonchev–Trinajstić information content (AvgIpc) is 2.67. The number of para-hydroxylation sites is 2. The maximum absolute atomic E-state index is 13.6. The number of carbonyl (C=O) groups excluding carboxylic acids is 1. The largest absolute Gasteiger partial charge is 0.496 e. The van der Waals surface area contributed by atoms with Crippen molar-refractivity contribution < 1.29 is 18.7 Å². The molecule has 1 unspecified atom stereocenters. The van der Waals surface area contributed by atoms with Crippen molar-refractivity contribution in [2.75, 3.05) is 33.4 Å². The van der Waals surface area contributed by atoms with E-state index in [1.54, 1.807) is 24.1 Å². The number of halogens is 2. The highest BCUT2D eigenvalue weighted by atomic mass is 35.5. The zero-order valence-electron chi connectivity index (χ0n) is 14.5. The molecular weight excluding hydrogens is 359 g/mol. The Morgan fingerprint density at radius 3 is 2.62 bits per heavy atom. The molecule has 1 N–H and O–H groups in total. The molecule has 0 aliphatic carbocycles. The molecule has 5 nitrogen and oxygen atoms in total. The summed E-state index contributed by atoms with van der Waals surface area (Å²) in [5, 5.41) is 3.30. The van der Waals surface area contributed by atoms with Crippen LogP contribution in [0.3, 0.4) is 0 Å². The van der Waals surface area contributed by atoms with Gasteiger partial charge in [0.05, 0.1) is 13.2 Å². The number of amides is 1. The van der Waals surface area contributed by atoms with Crippen molar-refractivity contribution >= 4 is 18.3 Å². The third-order valence-corrected chi connectivity index (χ3v) is 4.25. The Kier molecular flexibility index (Phi) is 7.24. The lowest BCUT2D eigenvalue weighted by atomic mass is 10.0. The van der Waals surface area contributed by atoms with Crippen molar-refractivity contribution in [3.05, 3.63) is 59.9 Å². The normalized spacial score (nSPS) is 16.5. The smallest absolute Gasteiger partial charge is 0.261 e. The molecule has 1 atom stereocenters. The third-order valence-electron chi connectivity index (χ3n) is 4.25. The third kappa shape index (κ3) is 4.45. The van der Waals surface area contributed by atoms with E-state index in [4.69, 9.17) is 9.47 Å². The zero-order chi connectivity index (χ0) is 17.6. The highest BCUT2D eigenvalue weighted by Gasteiger charge is 2.30. The van der Waals surface area contributed by atoms with E-state index in [0.717, 1.165) is 11.3 Å². The summed E-state index contributed by atoms with van der Waals surface area (Å²) in [4.78, 5) is 14.4. The Morgan fingerprint density at radius 2 is 1.88 bits per heavy atom. The van der Waals surface area contributed by atoms with Gasteiger partial charge in [0.15, 0.2) is 18.2 Å². The summed E-state index contributed by atoms with van der Waals surface area (Å²) in [6, 6.07) is 13.6. The van der Waals surface area contributed by atoms with E-state index in [9.17, 15) is 9.18 Å². The van der Waals surface area contributed by atoms with Crippen molar-refractivity contribution in [1.82, 2.24) is 10.2 Å². The van der Waals surface area contributed by atoms with Gasteiger partial charge in [-0.15, -0.1) is 12.4 Å². The Bertz CT molecular complexity index is 744. The molecule has 1 amide bonds. The summed E-state index contributed by atoms with van der Waals surface area (Å²) in [6.45, 7) is 1.69. The van der Waals surface area contributed by atoms with Crippen LogP contribution in [0.2, 0.25) is 0 Å². The number of hydrogen-bond donors (Lipinski definition) is 1. The quantitative estimate of drug-likeness (QED) is 0.866. The van der Waals surface area contributed by atoms with E-state index >= 15 is 0 Å². The predicted molar refractivity (Wildman–Crippen MR) is 99.5 cm³/mol. The molecule has 1 saturated heterocycles. The van der Waals surface area contributed by atoms with Gasteiger partial charge in [0.1, 0.15) is 5.75 Å². The van der Waals surface area contributed by atoms with Crippen LogP contribution in [0, 0.1) is 5.82 Å². The standard InChI is InChI=1S/C19H21FN2O3.ClH/c1-24-17-8-4-2-6-14(17)16-12-21-10-11-22(16)19(23)13-25-18-9-5-3-7-15(18)20;/h2-9,16,21H,10-13H2,1H3;1H. The van der Waals surface area contributed by atoms with E-state index in [2.05, 4.69) is 5.32 Å². The first-order valence-electron chi connectivity index (χ1n) is 8.21. The molecule has 3 rings (SSSR count). The first-order chi connectivity index (χ1) is 12.2. The van der Waals surface area contributed by atoms with Crippen molar-refractivity contribution in [3.8, 4) is 11.5 Å². The number of piperazine rings is 1. The van der Waals surface area contributed by atoms with Gasteiger partial charge in [-0.05, 0) is 18.2 Å². The minimum Gasteiger partial charge on any atom is -0.496 e. The highest BCUT2D eigenvalue weighted by Crippen LogP contribution is 2.30. The maximum atomic E-state index is 13.6. The predicted octanol–water partition coefficient (Wildman–Crippen LogP) is 2.81. The fourth-order valence-corrected chi connectivity index (χ4v) is 3.01. The lowest BCUT2D eigenvalue weighted by molar-refractivity contribution is -0.136. The van der Waals surface area contributed by atoms with Crippen molar-refractivity contribution in [2.24, 2.45) is 0 Å². The monoisotopic (exact) mass is 380 g/mol. The molecule has 0 aromatic heterocycles. The molecule has 0 saturated carbocycles. The average molecular weight is 381 g/mol. The van der Waals surface area contributed by atoms with Crippen LogP contribution in [0.5, 0.6) is 11.5 Å². The van der Waals surface area contributed by atoms with E-state index in [1.165, 1.54) is 12.1 Å². The van der Waals surface area contributed by atoms with Crippen LogP contribution in [0.25, 0.3) is 0 Å². The SMILES string of the molecule is COc1ccccc1C1CNCCN1C(=O)COc1ccccc1F.Cl. The summed E-state index contributed by atoms with van der Waals surface area (Å²) in [6.07, 6.45) is 0. The molecule has 2 aromatic rings. The molecule has 1 aliphatic heterocycles. The van der Waals surface area contributed by atoms with E-state index in [-0.39, 0.29) is 36.7 Å². The summed E-state index contributed by atoms with van der Waals surface area (Å²) in [7, 11) is 1.61. The Balaban J connectivity index is 0.00000243. The van der Waals surface area contributed by atoms with Crippen molar-refractivity contribution in [3.63, 3.8) is 0 Å². The van der Waals surface area contributed by atoms with Crippen LogP contribution in [0.15, 0.2) is 48.5 Å². The van der Waals surface area contributed by atoms with Gasteiger partial charge in [0, 0.05) is 25.2 Å². The fourth-order valence-electron chi connectivity index (χ4n) is 3.01. The topological polar surface area (TPSA) is 50.8 Å². The zero-order valence-corrected chi connectivity index (χ0v) is 15.3. The minimum absolute atomic E-state index is 0. The summed E-state index contributed by atoms with van der Waals surface area (Å²) >= 11 is 0. The van der Waals surface area contributed by atoms with Gasteiger partial charge in [-0.2, -0.15) is 0 Å². The second kappa shape index (κ2) is 9.40. The van der Waals surface area contributed by atoms with Gasteiger partial charge in [-0.25, -0.2) is 4.39 Å². The molecule has 26 heavy (non-hydrogen) atoms. The van der Waals surface area contributed by atoms with Crippen molar-refractivity contribution in [1.29, 1.82) is 0 Å². The number of hydrogen-bond acceptors (Lipinski definition) is 4. The fraction of sp³-hybridized carbons (Fsp3) is 0.316. The summed E-state index contributed by atoms with van der Waals surface area (Å²) in [5.41, 5.74) is 0.941. The van der Waals surface area contributed by atoms with Gasteiger partial charge >= 0.3 is 0 Å². The molecule has 1 aliphatic rings.